The third-order valence-electron chi connectivity index (χ3n) is 4.86. The maximum Gasteiger partial charge on any atom is 0.200 e. The van der Waals surface area contributed by atoms with Gasteiger partial charge in [0, 0.05) is 11.0 Å². The fourth-order valence-electron chi connectivity index (χ4n) is 3.15. The summed E-state index contributed by atoms with van der Waals surface area (Å²) in [5, 5.41) is 1.74. The third-order valence-corrected chi connectivity index (χ3v) is 4.86. The molecule has 3 rings (SSSR count). The van der Waals surface area contributed by atoms with E-state index in [1.807, 2.05) is 24.3 Å². The SMILES string of the molecule is CCC(C)(c1ccc2ccccc2c1)c1c(F)c(F)c(F)c(F)c1F. The summed E-state index contributed by atoms with van der Waals surface area (Å²) >= 11 is 0. The molecule has 0 saturated heterocycles. The van der Waals surface area contributed by atoms with Crippen LogP contribution in [0, 0.1) is 29.1 Å². The zero-order valence-corrected chi connectivity index (χ0v) is 13.6. The van der Waals surface area contributed by atoms with Gasteiger partial charge in [0.25, 0.3) is 0 Å². The van der Waals surface area contributed by atoms with Crippen molar-refractivity contribution < 1.29 is 22.0 Å². The largest absolute Gasteiger partial charge is 0.203 e. The summed E-state index contributed by atoms with van der Waals surface area (Å²) in [5.74, 6) is -9.55. The van der Waals surface area contributed by atoms with Crippen molar-refractivity contribution in [3.8, 4) is 0 Å². The van der Waals surface area contributed by atoms with Crippen LogP contribution in [0.25, 0.3) is 10.8 Å². The average Bonchev–Trinajstić information content (AvgIpc) is 2.64. The van der Waals surface area contributed by atoms with E-state index in [1.54, 1.807) is 25.1 Å². The summed E-state index contributed by atoms with van der Waals surface area (Å²) in [6.45, 7) is 3.13. The van der Waals surface area contributed by atoms with Crippen LogP contribution >= 0.6 is 0 Å². The van der Waals surface area contributed by atoms with Gasteiger partial charge in [0.15, 0.2) is 23.3 Å². The second-order valence-electron chi connectivity index (χ2n) is 6.19. The first-order valence-electron chi connectivity index (χ1n) is 7.82. The monoisotopic (exact) mass is 350 g/mol. The highest BCUT2D eigenvalue weighted by Gasteiger charge is 2.38. The lowest BCUT2D eigenvalue weighted by Gasteiger charge is -2.31. The number of hydrogen-bond donors (Lipinski definition) is 0. The van der Waals surface area contributed by atoms with Crippen molar-refractivity contribution >= 4 is 10.8 Å². The Morgan fingerprint density at radius 1 is 0.720 bits per heavy atom. The Hall–Kier alpha value is -2.43. The Morgan fingerprint density at radius 2 is 1.24 bits per heavy atom. The molecule has 0 spiro atoms. The highest BCUT2D eigenvalue weighted by molar-refractivity contribution is 5.83. The molecular weight excluding hydrogens is 335 g/mol. The van der Waals surface area contributed by atoms with E-state index in [2.05, 4.69) is 0 Å². The minimum Gasteiger partial charge on any atom is -0.203 e. The minimum atomic E-state index is -2.14. The number of fused-ring (bicyclic) bond motifs is 1. The van der Waals surface area contributed by atoms with Crippen LogP contribution in [0.15, 0.2) is 42.5 Å². The van der Waals surface area contributed by atoms with Crippen LogP contribution in [0.1, 0.15) is 31.4 Å². The molecule has 5 heteroatoms. The van der Waals surface area contributed by atoms with Crippen molar-refractivity contribution in [2.45, 2.75) is 25.7 Å². The summed E-state index contributed by atoms with van der Waals surface area (Å²) < 4.78 is 69.5. The van der Waals surface area contributed by atoms with Gasteiger partial charge < -0.3 is 0 Å². The molecule has 25 heavy (non-hydrogen) atoms. The molecule has 0 aliphatic heterocycles. The summed E-state index contributed by atoms with van der Waals surface area (Å²) in [6.07, 6.45) is 0.156. The molecule has 0 amide bonds. The van der Waals surface area contributed by atoms with Crippen LogP contribution in [-0.4, -0.2) is 0 Å². The van der Waals surface area contributed by atoms with E-state index >= 15 is 0 Å². The molecule has 0 saturated carbocycles. The summed E-state index contributed by atoms with van der Waals surface area (Å²) in [6, 6.07) is 12.5. The Bertz CT molecular complexity index is 935. The van der Waals surface area contributed by atoms with Gasteiger partial charge in [-0.3, -0.25) is 0 Å². The normalized spacial score (nSPS) is 13.9. The lowest BCUT2D eigenvalue weighted by molar-refractivity contribution is 0.350. The zero-order valence-electron chi connectivity index (χ0n) is 13.6. The van der Waals surface area contributed by atoms with Crippen LogP contribution < -0.4 is 0 Å². The molecule has 3 aromatic rings. The maximum atomic E-state index is 14.4. The Balaban J connectivity index is 2.31. The summed E-state index contributed by atoms with van der Waals surface area (Å²) in [5.41, 5.74) is -1.69. The quantitative estimate of drug-likeness (QED) is 0.297. The Kier molecular flexibility index (Phi) is 4.27. The summed E-state index contributed by atoms with van der Waals surface area (Å²) in [4.78, 5) is 0. The topological polar surface area (TPSA) is 0 Å². The van der Waals surface area contributed by atoms with Gasteiger partial charge in [-0.1, -0.05) is 56.3 Å². The molecule has 0 radical (unpaired) electrons. The van der Waals surface area contributed by atoms with Gasteiger partial charge in [-0.15, -0.1) is 0 Å². The minimum absolute atomic E-state index is 0.156. The molecule has 0 aliphatic carbocycles. The van der Waals surface area contributed by atoms with Crippen molar-refractivity contribution in [3.63, 3.8) is 0 Å². The van der Waals surface area contributed by atoms with Crippen molar-refractivity contribution in [2.24, 2.45) is 0 Å². The first kappa shape index (κ1) is 17.4. The highest BCUT2D eigenvalue weighted by Crippen LogP contribution is 2.41. The highest BCUT2D eigenvalue weighted by atomic mass is 19.2. The molecule has 0 bridgehead atoms. The van der Waals surface area contributed by atoms with Gasteiger partial charge in [-0.05, 0) is 22.8 Å². The second-order valence-corrected chi connectivity index (χ2v) is 6.19. The second kappa shape index (κ2) is 6.14. The first-order valence-corrected chi connectivity index (χ1v) is 7.82. The summed E-state index contributed by atoms with van der Waals surface area (Å²) in [7, 11) is 0. The first-order chi connectivity index (χ1) is 11.8. The van der Waals surface area contributed by atoms with E-state index in [9.17, 15) is 22.0 Å². The van der Waals surface area contributed by atoms with E-state index in [0.29, 0.717) is 5.56 Å². The molecule has 130 valence electrons. The van der Waals surface area contributed by atoms with Crippen LogP contribution in [0.2, 0.25) is 0 Å². The van der Waals surface area contributed by atoms with Crippen molar-refractivity contribution in [2.75, 3.05) is 0 Å². The molecular formula is C20H15F5. The fourth-order valence-corrected chi connectivity index (χ4v) is 3.15. The molecule has 0 fully saturated rings. The Morgan fingerprint density at radius 3 is 1.80 bits per heavy atom. The molecule has 0 aromatic heterocycles. The van der Waals surface area contributed by atoms with Crippen LogP contribution in [0.3, 0.4) is 0 Å². The van der Waals surface area contributed by atoms with Gasteiger partial charge in [-0.25, -0.2) is 22.0 Å². The molecule has 0 N–H and O–H groups in total. The molecule has 0 aliphatic rings. The third kappa shape index (κ3) is 2.58. The fraction of sp³-hybridized carbons (Fsp3) is 0.200. The molecule has 3 aromatic carbocycles. The molecule has 0 heterocycles. The Labute approximate surface area is 141 Å². The molecule has 1 atom stereocenters. The van der Waals surface area contributed by atoms with Gasteiger partial charge in [0.1, 0.15) is 0 Å². The number of halogens is 5. The number of hydrogen-bond acceptors (Lipinski definition) is 0. The van der Waals surface area contributed by atoms with Crippen LogP contribution in [-0.2, 0) is 5.41 Å². The lowest BCUT2D eigenvalue weighted by Crippen LogP contribution is -2.27. The van der Waals surface area contributed by atoms with E-state index in [0.717, 1.165) is 10.8 Å². The standard InChI is InChI=1S/C20H15F5/c1-3-20(2,13-9-8-11-6-4-5-7-12(11)10-13)14-15(21)17(23)19(25)18(24)16(14)22/h4-10H,3H2,1-2H3. The van der Waals surface area contributed by atoms with Crippen LogP contribution in [0.4, 0.5) is 22.0 Å². The predicted molar refractivity (Wildman–Crippen MR) is 86.9 cm³/mol. The zero-order chi connectivity index (χ0) is 18.4. The van der Waals surface area contributed by atoms with Gasteiger partial charge in [0.05, 0.1) is 0 Å². The number of rotatable bonds is 3. The maximum absolute atomic E-state index is 14.4. The molecule has 0 nitrogen and oxygen atoms in total. The van der Waals surface area contributed by atoms with Crippen molar-refractivity contribution in [3.05, 3.63) is 82.7 Å². The average molecular weight is 350 g/mol. The van der Waals surface area contributed by atoms with Crippen molar-refractivity contribution in [1.82, 2.24) is 0 Å². The molecule has 1 unspecified atom stereocenters. The number of benzene rings is 3. The van der Waals surface area contributed by atoms with Gasteiger partial charge in [-0.2, -0.15) is 0 Å². The van der Waals surface area contributed by atoms with E-state index in [4.69, 9.17) is 0 Å². The predicted octanol–water partition coefficient (Wildman–Crippen LogP) is 6.25. The lowest BCUT2D eigenvalue weighted by atomic mass is 9.73. The van der Waals surface area contributed by atoms with E-state index < -0.39 is 40.1 Å². The van der Waals surface area contributed by atoms with Crippen LogP contribution in [0.5, 0.6) is 0 Å². The smallest absolute Gasteiger partial charge is 0.200 e. The van der Waals surface area contributed by atoms with Crippen molar-refractivity contribution in [1.29, 1.82) is 0 Å². The van der Waals surface area contributed by atoms with E-state index in [-0.39, 0.29) is 6.42 Å². The van der Waals surface area contributed by atoms with Gasteiger partial charge >= 0.3 is 0 Å². The van der Waals surface area contributed by atoms with E-state index in [1.165, 1.54) is 6.92 Å². The van der Waals surface area contributed by atoms with Gasteiger partial charge in [0.2, 0.25) is 5.82 Å².